The fraction of sp³-hybridized carbons (Fsp3) is 0.312. The van der Waals surface area contributed by atoms with Gasteiger partial charge in [0, 0.05) is 28.8 Å². The van der Waals surface area contributed by atoms with Gasteiger partial charge in [-0.15, -0.1) is 0 Å². The maximum Gasteiger partial charge on any atom is 0.248 e. The van der Waals surface area contributed by atoms with Crippen molar-refractivity contribution in [3.05, 3.63) is 68.0 Å². The molecule has 104 valence electrons. The molecule has 1 atom stereocenters. The Kier molecular flexibility index (Phi) is 4.03. The lowest BCUT2D eigenvalue weighted by Crippen LogP contribution is -2.27. The van der Waals surface area contributed by atoms with Crippen LogP contribution in [-0.4, -0.2) is 4.98 Å². The minimum atomic E-state index is -0.00444. The Morgan fingerprint density at radius 2 is 2.10 bits per heavy atom. The Bertz CT molecular complexity index is 666. The SMILES string of the molecule is O=c1ccc2c([nH]1)CCCC2NCc1ccccc1Br. The molecule has 20 heavy (non-hydrogen) atoms. The molecule has 0 amide bonds. The smallest absolute Gasteiger partial charge is 0.248 e. The number of halogens is 1. The van der Waals surface area contributed by atoms with E-state index in [9.17, 15) is 4.79 Å². The van der Waals surface area contributed by atoms with Crippen LogP contribution in [0, 0.1) is 0 Å². The van der Waals surface area contributed by atoms with Crippen molar-refractivity contribution in [2.75, 3.05) is 0 Å². The summed E-state index contributed by atoms with van der Waals surface area (Å²) in [5, 5.41) is 3.60. The molecule has 0 saturated heterocycles. The molecule has 1 heterocycles. The summed E-state index contributed by atoms with van der Waals surface area (Å²) >= 11 is 3.58. The van der Waals surface area contributed by atoms with E-state index in [4.69, 9.17) is 0 Å². The Morgan fingerprint density at radius 1 is 1.25 bits per heavy atom. The van der Waals surface area contributed by atoms with Gasteiger partial charge in [0.2, 0.25) is 5.56 Å². The van der Waals surface area contributed by atoms with E-state index in [0.717, 1.165) is 36.0 Å². The molecular weight excluding hydrogens is 316 g/mol. The quantitative estimate of drug-likeness (QED) is 0.905. The molecule has 2 aromatic rings. The Morgan fingerprint density at radius 3 is 2.95 bits per heavy atom. The molecule has 0 spiro atoms. The van der Waals surface area contributed by atoms with Crippen LogP contribution in [0.4, 0.5) is 0 Å². The summed E-state index contributed by atoms with van der Waals surface area (Å²) in [5.74, 6) is 0. The van der Waals surface area contributed by atoms with Crippen LogP contribution in [0.1, 0.15) is 35.7 Å². The van der Waals surface area contributed by atoms with Crippen molar-refractivity contribution in [3.8, 4) is 0 Å². The number of pyridine rings is 1. The largest absolute Gasteiger partial charge is 0.326 e. The molecule has 2 N–H and O–H groups in total. The van der Waals surface area contributed by atoms with Crippen molar-refractivity contribution >= 4 is 15.9 Å². The van der Waals surface area contributed by atoms with E-state index in [1.807, 2.05) is 18.2 Å². The van der Waals surface area contributed by atoms with Gasteiger partial charge in [-0.2, -0.15) is 0 Å². The summed E-state index contributed by atoms with van der Waals surface area (Å²) in [5.41, 5.74) is 3.58. The molecule has 1 aliphatic rings. The van der Waals surface area contributed by atoms with Gasteiger partial charge in [0.05, 0.1) is 0 Å². The van der Waals surface area contributed by atoms with Crippen molar-refractivity contribution < 1.29 is 0 Å². The molecule has 0 aliphatic heterocycles. The van der Waals surface area contributed by atoms with Gasteiger partial charge in [0.15, 0.2) is 0 Å². The summed E-state index contributed by atoms with van der Waals surface area (Å²) in [6.45, 7) is 0.824. The summed E-state index contributed by atoms with van der Waals surface area (Å²) < 4.78 is 1.13. The van der Waals surface area contributed by atoms with Gasteiger partial charge in [-0.05, 0) is 36.5 Å². The molecule has 1 aliphatic carbocycles. The monoisotopic (exact) mass is 332 g/mol. The number of nitrogens with one attached hydrogen (secondary N) is 2. The first-order valence-corrected chi connectivity index (χ1v) is 7.72. The predicted molar refractivity (Wildman–Crippen MR) is 83.7 cm³/mol. The van der Waals surface area contributed by atoms with Gasteiger partial charge in [-0.1, -0.05) is 40.2 Å². The second-order valence-electron chi connectivity index (χ2n) is 5.17. The molecular formula is C16H17BrN2O. The van der Waals surface area contributed by atoms with Crippen LogP contribution in [0.2, 0.25) is 0 Å². The number of fused-ring (bicyclic) bond motifs is 1. The standard InChI is InChI=1S/C16H17BrN2O/c17-13-5-2-1-4-11(13)10-18-14-6-3-7-15-12(14)8-9-16(20)19-15/h1-2,4-5,8-9,14,18H,3,6-7,10H2,(H,19,20). The van der Waals surface area contributed by atoms with E-state index >= 15 is 0 Å². The van der Waals surface area contributed by atoms with Gasteiger partial charge >= 0.3 is 0 Å². The first-order valence-electron chi connectivity index (χ1n) is 6.93. The van der Waals surface area contributed by atoms with E-state index in [0.29, 0.717) is 6.04 Å². The maximum atomic E-state index is 11.4. The van der Waals surface area contributed by atoms with Crippen molar-refractivity contribution in [2.24, 2.45) is 0 Å². The third kappa shape index (κ3) is 2.86. The highest BCUT2D eigenvalue weighted by Crippen LogP contribution is 2.28. The minimum Gasteiger partial charge on any atom is -0.326 e. The molecule has 3 rings (SSSR count). The summed E-state index contributed by atoms with van der Waals surface area (Å²) in [6.07, 6.45) is 3.20. The zero-order valence-electron chi connectivity index (χ0n) is 11.2. The lowest BCUT2D eigenvalue weighted by molar-refractivity contribution is 0.453. The van der Waals surface area contributed by atoms with Gasteiger partial charge < -0.3 is 10.3 Å². The molecule has 1 aromatic carbocycles. The van der Waals surface area contributed by atoms with Gasteiger partial charge in [-0.25, -0.2) is 0 Å². The van der Waals surface area contributed by atoms with Crippen LogP contribution in [-0.2, 0) is 13.0 Å². The topological polar surface area (TPSA) is 44.9 Å². The van der Waals surface area contributed by atoms with Crippen molar-refractivity contribution in [1.29, 1.82) is 0 Å². The first kappa shape index (κ1) is 13.6. The first-order chi connectivity index (χ1) is 9.74. The highest BCUT2D eigenvalue weighted by Gasteiger charge is 2.20. The molecule has 1 aromatic heterocycles. The molecule has 0 saturated carbocycles. The molecule has 0 fully saturated rings. The lowest BCUT2D eigenvalue weighted by atomic mass is 9.91. The second kappa shape index (κ2) is 5.94. The molecule has 0 radical (unpaired) electrons. The summed E-state index contributed by atoms with van der Waals surface area (Å²) in [6, 6.07) is 12.2. The van der Waals surface area contributed by atoms with E-state index in [2.05, 4.69) is 38.4 Å². The number of hydrogen-bond donors (Lipinski definition) is 2. The van der Waals surface area contributed by atoms with Gasteiger partial charge in [-0.3, -0.25) is 4.79 Å². The van der Waals surface area contributed by atoms with Crippen LogP contribution in [0.3, 0.4) is 0 Å². The van der Waals surface area contributed by atoms with Crippen LogP contribution in [0.5, 0.6) is 0 Å². The average molecular weight is 333 g/mol. The van der Waals surface area contributed by atoms with Crippen molar-refractivity contribution in [1.82, 2.24) is 10.3 Å². The number of aromatic amines is 1. The van der Waals surface area contributed by atoms with Gasteiger partial charge in [0.25, 0.3) is 0 Å². The minimum absolute atomic E-state index is 0.00444. The van der Waals surface area contributed by atoms with E-state index in [-0.39, 0.29) is 5.56 Å². The molecule has 4 heteroatoms. The zero-order valence-corrected chi connectivity index (χ0v) is 12.7. The van der Waals surface area contributed by atoms with E-state index < -0.39 is 0 Å². The number of hydrogen-bond acceptors (Lipinski definition) is 2. The number of rotatable bonds is 3. The third-order valence-corrected chi connectivity index (χ3v) is 4.60. The van der Waals surface area contributed by atoms with Crippen LogP contribution in [0.25, 0.3) is 0 Å². The van der Waals surface area contributed by atoms with Crippen LogP contribution < -0.4 is 10.9 Å². The predicted octanol–water partition coefficient (Wildman–Crippen LogP) is 3.30. The Labute approximate surface area is 126 Å². The Hall–Kier alpha value is -1.39. The number of aryl methyl sites for hydroxylation is 1. The van der Waals surface area contributed by atoms with E-state index in [1.165, 1.54) is 11.1 Å². The highest BCUT2D eigenvalue weighted by molar-refractivity contribution is 9.10. The number of H-pyrrole nitrogens is 1. The lowest BCUT2D eigenvalue weighted by Gasteiger charge is -2.26. The number of benzene rings is 1. The third-order valence-electron chi connectivity index (χ3n) is 3.83. The summed E-state index contributed by atoms with van der Waals surface area (Å²) in [4.78, 5) is 14.4. The fourth-order valence-electron chi connectivity index (χ4n) is 2.79. The molecule has 0 bridgehead atoms. The van der Waals surface area contributed by atoms with Crippen molar-refractivity contribution in [2.45, 2.75) is 31.8 Å². The summed E-state index contributed by atoms with van der Waals surface area (Å²) in [7, 11) is 0. The molecule has 3 nitrogen and oxygen atoms in total. The average Bonchev–Trinajstić information content (AvgIpc) is 2.46. The highest BCUT2D eigenvalue weighted by atomic mass is 79.9. The maximum absolute atomic E-state index is 11.4. The van der Waals surface area contributed by atoms with Gasteiger partial charge in [0.1, 0.15) is 0 Å². The number of aromatic nitrogens is 1. The Balaban J connectivity index is 1.77. The fourth-order valence-corrected chi connectivity index (χ4v) is 3.21. The van der Waals surface area contributed by atoms with E-state index in [1.54, 1.807) is 6.07 Å². The molecule has 1 unspecified atom stereocenters. The zero-order chi connectivity index (χ0) is 13.9. The van der Waals surface area contributed by atoms with Crippen molar-refractivity contribution in [3.63, 3.8) is 0 Å². The van der Waals surface area contributed by atoms with Crippen LogP contribution in [0.15, 0.2) is 45.7 Å². The second-order valence-corrected chi connectivity index (χ2v) is 6.03. The van der Waals surface area contributed by atoms with Crippen LogP contribution >= 0.6 is 15.9 Å². The normalized spacial score (nSPS) is 17.8.